The molecule has 5 heteroatoms. The lowest BCUT2D eigenvalue weighted by molar-refractivity contribution is 0.606. The summed E-state index contributed by atoms with van der Waals surface area (Å²) < 4.78 is 0. The molecular weight excluding hydrogens is 262 g/mol. The largest absolute Gasteiger partial charge is 0.370 e. The van der Waals surface area contributed by atoms with Crippen LogP contribution in [0.3, 0.4) is 0 Å². The van der Waals surface area contributed by atoms with Crippen LogP contribution in [-0.4, -0.2) is 29.6 Å². The third-order valence-electron chi connectivity index (χ3n) is 3.03. The van der Waals surface area contributed by atoms with Crippen LogP contribution in [0.4, 0.5) is 11.6 Å². The summed E-state index contributed by atoms with van der Waals surface area (Å²) in [5.41, 5.74) is 0. The van der Waals surface area contributed by atoms with Gasteiger partial charge in [0.1, 0.15) is 17.5 Å². The fourth-order valence-electron chi connectivity index (χ4n) is 2.07. The molecule has 0 radical (unpaired) electrons. The van der Waals surface area contributed by atoms with Crippen LogP contribution in [0.2, 0.25) is 0 Å². The Kier molecular flexibility index (Phi) is 7.52. The molecule has 0 unspecified atom stereocenters. The van der Waals surface area contributed by atoms with Crippen LogP contribution in [0.5, 0.6) is 0 Å². The second kappa shape index (κ2) is 9.17. The van der Waals surface area contributed by atoms with E-state index in [4.69, 9.17) is 5.26 Å². The third-order valence-corrected chi connectivity index (χ3v) is 3.03. The smallest absolute Gasteiger partial charge is 0.134 e. The molecule has 0 aliphatic heterocycles. The first kappa shape index (κ1) is 17.2. The van der Waals surface area contributed by atoms with Gasteiger partial charge in [0.2, 0.25) is 0 Å². The first-order valence-corrected chi connectivity index (χ1v) is 7.84. The molecule has 1 rings (SSSR count). The number of hydrogen-bond acceptors (Lipinski definition) is 5. The molecule has 1 heterocycles. The Morgan fingerprint density at radius 3 is 2.67 bits per heavy atom. The number of hydrogen-bond donors (Lipinski definition) is 1. The Hall–Kier alpha value is -1.83. The highest BCUT2D eigenvalue weighted by Gasteiger charge is 2.12. The predicted octanol–water partition coefficient (Wildman–Crippen LogP) is 3.24. The molecular formula is C16H27N5. The van der Waals surface area contributed by atoms with E-state index in [9.17, 15) is 0 Å². The van der Waals surface area contributed by atoms with Crippen LogP contribution < -0.4 is 10.2 Å². The van der Waals surface area contributed by atoms with Gasteiger partial charge in [0, 0.05) is 32.1 Å². The van der Waals surface area contributed by atoms with E-state index in [0.29, 0.717) is 18.9 Å². The maximum atomic E-state index is 8.85. The van der Waals surface area contributed by atoms with E-state index in [2.05, 4.69) is 53.9 Å². The molecule has 1 N–H and O–H groups in total. The molecule has 0 bridgehead atoms. The van der Waals surface area contributed by atoms with Gasteiger partial charge >= 0.3 is 0 Å². The van der Waals surface area contributed by atoms with E-state index in [1.165, 1.54) is 0 Å². The summed E-state index contributed by atoms with van der Waals surface area (Å²) in [6.07, 6.45) is 2.38. The zero-order valence-electron chi connectivity index (χ0n) is 13.7. The van der Waals surface area contributed by atoms with Crippen LogP contribution in [0.1, 0.15) is 46.4 Å². The minimum Gasteiger partial charge on any atom is -0.370 e. The summed E-state index contributed by atoms with van der Waals surface area (Å²) in [5, 5.41) is 12.2. The molecule has 1 aromatic rings. The van der Waals surface area contributed by atoms with Crippen molar-refractivity contribution in [2.45, 2.75) is 47.0 Å². The Morgan fingerprint density at radius 1 is 1.33 bits per heavy atom. The van der Waals surface area contributed by atoms with E-state index >= 15 is 0 Å². The Balaban J connectivity index is 3.00. The molecule has 0 aromatic carbocycles. The van der Waals surface area contributed by atoms with Gasteiger partial charge in [0.05, 0.1) is 12.5 Å². The van der Waals surface area contributed by atoms with Gasteiger partial charge in [-0.15, -0.1) is 0 Å². The first-order valence-electron chi connectivity index (χ1n) is 7.84. The van der Waals surface area contributed by atoms with Crippen molar-refractivity contribution < 1.29 is 0 Å². The number of rotatable bonds is 9. The highest BCUT2D eigenvalue weighted by molar-refractivity contribution is 5.49. The minimum atomic E-state index is 0.510. The standard InChI is InChI=1S/C16H27N5/c1-5-9-18-15-11-16(20-14(6-2)19-15)21(10-7-8-17)12-13(3)4/h11,13H,5-7,9-10,12H2,1-4H3,(H,18,19,20). The highest BCUT2D eigenvalue weighted by atomic mass is 15.2. The molecule has 21 heavy (non-hydrogen) atoms. The molecule has 1 aromatic heterocycles. The van der Waals surface area contributed by atoms with E-state index in [1.54, 1.807) is 0 Å². The third kappa shape index (κ3) is 5.99. The molecule has 0 amide bonds. The van der Waals surface area contributed by atoms with Gasteiger partial charge < -0.3 is 10.2 Å². The molecule has 5 nitrogen and oxygen atoms in total. The van der Waals surface area contributed by atoms with Crippen LogP contribution >= 0.6 is 0 Å². The summed E-state index contributed by atoms with van der Waals surface area (Å²) in [6.45, 7) is 11.1. The summed E-state index contributed by atoms with van der Waals surface area (Å²) in [6, 6.07) is 4.21. The number of aromatic nitrogens is 2. The zero-order chi connectivity index (χ0) is 15.7. The lowest BCUT2D eigenvalue weighted by Crippen LogP contribution is -2.30. The Bertz CT molecular complexity index is 464. The number of aryl methyl sites for hydroxylation is 1. The molecule has 0 spiro atoms. The van der Waals surface area contributed by atoms with E-state index < -0.39 is 0 Å². The van der Waals surface area contributed by atoms with Gasteiger partial charge in [0.25, 0.3) is 0 Å². The topological polar surface area (TPSA) is 64.8 Å². The Morgan fingerprint density at radius 2 is 2.10 bits per heavy atom. The van der Waals surface area contributed by atoms with Crippen molar-refractivity contribution in [1.29, 1.82) is 5.26 Å². The monoisotopic (exact) mass is 289 g/mol. The quantitative estimate of drug-likeness (QED) is 0.756. The molecule has 0 saturated heterocycles. The van der Waals surface area contributed by atoms with Gasteiger partial charge in [-0.1, -0.05) is 27.7 Å². The van der Waals surface area contributed by atoms with Gasteiger partial charge in [-0.2, -0.15) is 5.26 Å². The molecule has 116 valence electrons. The van der Waals surface area contributed by atoms with Crippen molar-refractivity contribution in [1.82, 2.24) is 9.97 Å². The number of anilines is 2. The second-order valence-electron chi connectivity index (χ2n) is 5.56. The van der Waals surface area contributed by atoms with Gasteiger partial charge in [-0.3, -0.25) is 0 Å². The lowest BCUT2D eigenvalue weighted by Gasteiger charge is -2.25. The summed E-state index contributed by atoms with van der Waals surface area (Å²) in [5.74, 6) is 3.17. The SMILES string of the molecule is CCCNc1cc(N(CCC#N)CC(C)C)nc(CC)n1. The normalized spacial score (nSPS) is 10.5. The van der Waals surface area contributed by atoms with Crippen molar-refractivity contribution in [2.75, 3.05) is 29.9 Å². The van der Waals surface area contributed by atoms with Gasteiger partial charge in [-0.05, 0) is 12.3 Å². The average Bonchev–Trinajstić information content (AvgIpc) is 2.48. The van der Waals surface area contributed by atoms with Crippen molar-refractivity contribution in [3.05, 3.63) is 11.9 Å². The van der Waals surface area contributed by atoms with E-state index in [1.807, 2.05) is 6.07 Å². The second-order valence-corrected chi connectivity index (χ2v) is 5.56. The molecule has 0 fully saturated rings. The van der Waals surface area contributed by atoms with Crippen molar-refractivity contribution in [2.24, 2.45) is 5.92 Å². The number of nitriles is 1. The maximum Gasteiger partial charge on any atom is 0.134 e. The van der Waals surface area contributed by atoms with Gasteiger partial charge in [-0.25, -0.2) is 9.97 Å². The van der Waals surface area contributed by atoms with Crippen LogP contribution in [0, 0.1) is 17.2 Å². The zero-order valence-corrected chi connectivity index (χ0v) is 13.7. The maximum absolute atomic E-state index is 8.85. The van der Waals surface area contributed by atoms with E-state index in [0.717, 1.165) is 43.4 Å². The number of nitrogens with one attached hydrogen (secondary N) is 1. The molecule has 0 aliphatic rings. The lowest BCUT2D eigenvalue weighted by atomic mass is 10.2. The van der Waals surface area contributed by atoms with Crippen molar-refractivity contribution in [3.8, 4) is 6.07 Å². The molecule has 0 aliphatic carbocycles. The number of nitrogens with zero attached hydrogens (tertiary/aromatic N) is 4. The average molecular weight is 289 g/mol. The summed E-state index contributed by atoms with van der Waals surface area (Å²) in [4.78, 5) is 11.3. The van der Waals surface area contributed by atoms with Crippen LogP contribution in [0.25, 0.3) is 0 Å². The minimum absolute atomic E-state index is 0.510. The fraction of sp³-hybridized carbons (Fsp3) is 0.688. The van der Waals surface area contributed by atoms with Crippen LogP contribution in [-0.2, 0) is 6.42 Å². The first-order chi connectivity index (χ1) is 10.1. The van der Waals surface area contributed by atoms with E-state index in [-0.39, 0.29) is 0 Å². The van der Waals surface area contributed by atoms with Crippen molar-refractivity contribution in [3.63, 3.8) is 0 Å². The predicted molar refractivity (Wildman–Crippen MR) is 87.5 cm³/mol. The van der Waals surface area contributed by atoms with Crippen molar-refractivity contribution >= 4 is 11.6 Å². The molecule has 0 saturated carbocycles. The Labute approximate surface area is 128 Å². The fourth-order valence-corrected chi connectivity index (χ4v) is 2.07. The van der Waals surface area contributed by atoms with Crippen LogP contribution in [0.15, 0.2) is 6.07 Å². The highest BCUT2D eigenvalue weighted by Crippen LogP contribution is 2.18. The summed E-state index contributed by atoms with van der Waals surface area (Å²) >= 11 is 0. The summed E-state index contributed by atoms with van der Waals surface area (Å²) in [7, 11) is 0. The van der Waals surface area contributed by atoms with Gasteiger partial charge in [0.15, 0.2) is 0 Å². The molecule has 0 atom stereocenters.